The van der Waals surface area contributed by atoms with Crippen LogP contribution in [0.2, 0.25) is 0 Å². The van der Waals surface area contributed by atoms with E-state index in [2.05, 4.69) is 10.6 Å². The molecule has 19 nitrogen and oxygen atoms in total. The number of hydrogen-bond acceptors (Lipinski definition) is 11. The summed E-state index contributed by atoms with van der Waals surface area (Å²) in [5, 5.41) is 5.28. The van der Waals surface area contributed by atoms with Crippen molar-refractivity contribution in [3.8, 4) is 0 Å². The van der Waals surface area contributed by atoms with Crippen molar-refractivity contribution in [2.24, 2.45) is 18.4 Å². The van der Waals surface area contributed by atoms with Crippen molar-refractivity contribution in [3.05, 3.63) is 105 Å². The molecule has 9 rings (SSSR count). The number of aryl methyl sites for hydroxylation is 1. The first-order valence-corrected chi connectivity index (χ1v) is 27.0. The molecule has 0 bridgehead atoms. The lowest BCUT2D eigenvalue weighted by Crippen LogP contribution is -2.60. The molecule has 5 aromatic rings. The van der Waals surface area contributed by atoms with Gasteiger partial charge in [-0.1, -0.05) is 63.2 Å². The van der Waals surface area contributed by atoms with Crippen molar-refractivity contribution >= 4 is 75.7 Å². The summed E-state index contributed by atoms with van der Waals surface area (Å²) in [6.07, 6.45) is 0.244. The Hall–Kier alpha value is -6.32. The first-order chi connectivity index (χ1) is 35.0. The predicted octanol–water partition coefficient (Wildman–Crippen LogP) is 5.56. The molecule has 6 heterocycles. The third-order valence-corrected chi connectivity index (χ3v) is 16.7. The maximum absolute atomic E-state index is 15.0. The molecule has 5 atom stereocenters. The van der Waals surface area contributed by atoms with Gasteiger partial charge in [0.2, 0.25) is 23.6 Å². The van der Waals surface area contributed by atoms with E-state index in [9.17, 15) is 56.7 Å². The fourth-order valence-corrected chi connectivity index (χ4v) is 11.9. The van der Waals surface area contributed by atoms with Crippen LogP contribution in [0.5, 0.6) is 0 Å². The van der Waals surface area contributed by atoms with Gasteiger partial charge in [0.25, 0.3) is 5.91 Å². The van der Waals surface area contributed by atoms with Crippen LogP contribution in [0.4, 0.5) is 13.6 Å². The summed E-state index contributed by atoms with van der Waals surface area (Å²) in [6, 6.07) is 16.1. The average molecular weight is 1060 g/mol. The van der Waals surface area contributed by atoms with Crippen molar-refractivity contribution in [2.45, 2.75) is 95.3 Å². The first-order valence-electron chi connectivity index (χ1n) is 24.5. The van der Waals surface area contributed by atoms with Gasteiger partial charge in [0.1, 0.15) is 30.3 Å². The van der Waals surface area contributed by atoms with Gasteiger partial charge in [0.15, 0.2) is 0 Å². The van der Waals surface area contributed by atoms with E-state index < -0.39 is 84.3 Å². The number of carbonyl (C=O) groups is 6. The Bertz CT molecular complexity index is 3140. The molecule has 4 N–H and O–H groups in total. The summed E-state index contributed by atoms with van der Waals surface area (Å²) in [5.74, 6) is -2.48. The lowest BCUT2D eigenvalue weighted by Gasteiger charge is -2.40. The number of aromatic nitrogens is 2. The molecule has 4 aliphatic heterocycles. The molecule has 74 heavy (non-hydrogen) atoms. The van der Waals surface area contributed by atoms with Crippen LogP contribution in [-0.4, -0.2) is 127 Å². The normalized spacial score (nSPS) is 21.8. The van der Waals surface area contributed by atoms with Crippen LogP contribution >= 0.6 is 18.9 Å². The second kappa shape index (κ2) is 20.4. The lowest BCUT2D eigenvalue weighted by atomic mass is 9.85. The maximum Gasteiger partial charge on any atom is 0.410 e. The maximum atomic E-state index is 15.0. The van der Waals surface area contributed by atoms with Gasteiger partial charge >= 0.3 is 25.0 Å². The second-order valence-corrected chi connectivity index (χ2v) is 23.3. The lowest BCUT2D eigenvalue weighted by molar-refractivity contribution is -0.153. The number of rotatable bonds is 11. The minimum absolute atomic E-state index is 0.0104. The van der Waals surface area contributed by atoms with Crippen molar-refractivity contribution < 1.29 is 61.4 Å². The van der Waals surface area contributed by atoms with E-state index in [1.54, 1.807) is 37.6 Å². The fourth-order valence-electron chi connectivity index (χ4n) is 10.5. The molecular formula is C51H58F2N7O12PS. The number of nitrogens with one attached hydrogen (secondary N) is 2. The van der Waals surface area contributed by atoms with Crippen LogP contribution in [-0.2, 0) is 52.3 Å². The fraction of sp³-hybridized carbons (Fsp3) is 0.471. The number of imide groups is 1. The van der Waals surface area contributed by atoms with Crippen LogP contribution in [0.25, 0.3) is 21.1 Å². The number of carbonyl (C=O) groups excluding carboxylic acids is 6. The topological polar surface area (TPSA) is 239 Å². The molecule has 0 radical (unpaired) electrons. The van der Waals surface area contributed by atoms with Crippen LogP contribution in [0.3, 0.4) is 0 Å². The van der Waals surface area contributed by atoms with E-state index in [4.69, 9.17) is 9.47 Å². The van der Waals surface area contributed by atoms with E-state index >= 15 is 0 Å². The van der Waals surface area contributed by atoms with Crippen molar-refractivity contribution in [1.82, 2.24) is 34.5 Å². The number of morpholine rings is 1. The highest BCUT2D eigenvalue weighted by atomic mass is 32.1. The molecule has 23 heteroatoms. The van der Waals surface area contributed by atoms with E-state index in [1.807, 2.05) is 48.5 Å². The molecule has 1 unspecified atom stereocenters. The van der Waals surface area contributed by atoms with E-state index in [0.717, 1.165) is 34.6 Å². The van der Waals surface area contributed by atoms with E-state index in [1.165, 1.54) is 26.2 Å². The minimum atomic E-state index is -5.86. The van der Waals surface area contributed by atoms with Crippen LogP contribution in [0.1, 0.15) is 91.4 Å². The molecule has 0 aliphatic carbocycles. The summed E-state index contributed by atoms with van der Waals surface area (Å²) in [4.78, 5) is 119. The summed E-state index contributed by atoms with van der Waals surface area (Å²) < 4.78 is 56.4. The number of fused-ring (bicyclic) bond motifs is 2. The number of thiophene rings is 1. The molecule has 2 aromatic heterocycles. The molecule has 0 spiro atoms. The molecule has 4 fully saturated rings. The van der Waals surface area contributed by atoms with Gasteiger partial charge in [-0.15, -0.1) is 11.3 Å². The Morgan fingerprint density at radius 3 is 2.32 bits per heavy atom. The summed E-state index contributed by atoms with van der Waals surface area (Å²) in [6.45, 7) is 6.51. The molecule has 0 saturated carbocycles. The standard InChI is InChI=1S/C51H58F2N7O12PS/c1-50(2,3)43(55-45(63)40-27-32-26-33(11-14-39(32)74-40)51(52,53)73(68,69)70)47(65)59-21-18-37(42(59)46(64)58-22-23-71-38(28-58)31-8-6-5-7-9-31)72-49(67)57-19-16-29(17-20-57)24-30-10-12-34-36(25-30)56(4)48(66)60(34)35-13-15-41(61)54-44(35)62/h5-12,14,25-27,29,35,37-38,42-43H,13,15-24,28H2,1-4H3,(H,55,63)(H,54,61,62)(H2,68,69,70)/t35?,37-,38+,42+,43-/m1/s1. The molecular weight excluding hydrogens is 1000 g/mol. The average Bonchev–Trinajstić information content (AvgIpc) is 4.06. The highest BCUT2D eigenvalue weighted by Gasteiger charge is 2.52. The zero-order valence-electron chi connectivity index (χ0n) is 41.2. The Morgan fingerprint density at radius 1 is 0.905 bits per heavy atom. The van der Waals surface area contributed by atoms with Crippen molar-refractivity contribution in [2.75, 3.05) is 39.3 Å². The summed E-state index contributed by atoms with van der Waals surface area (Å²) in [7, 11) is -4.22. The van der Waals surface area contributed by atoms with Gasteiger partial charge in [-0.25, -0.2) is 9.59 Å². The molecule has 3 aromatic carbocycles. The number of amides is 6. The number of alkyl halides is 2. The summed E-state index contributed by atoms with van der Waals surface area (Å²) in [5.41, 5.74) is -3.62. The number of nitrogens with zero attached hydrogens (tertiary/aromatic N) is 5. The van der Waals surface area contributed by atoms with Gasteiger partial charge in [0, 0.05) is 56.3 Å². The number of likely N-dealkylation sites (tertiary alicyclic amines) is 2. The van der Waals surface area contributed by atoms with Crippen LogP contribution in [0, 0.1) is 11.3 Å². The van der Waals surface area contributed by atoms with Gasteiger partial charge in [-0.3, -0.25) is 43.0 Å². The SMILES string of the molecule is Cn1c(=O)n(C2CCC(=O)NC2=O)c2ccc(CC3CCN(C(=O)O[C@@H]4CCN(C(=O)[C@@H](NC(=O)c5cc6cc(C(F)(F)P(=O)(O)O)ccc6s5)C(C)(C)C)[C@@H]4C(=O)N4CCO[C@H](c5ccccc5)C4)CC3)cc21. The predicted molar refractivity (Wildman–Crippen MR) is 267 cm³/mol. The smallest absolute Gasteiger partial charge is 0.410 e. The second-order valence-electron chi connectivity index (χ2n) is 20.6. The molecule has 4 saturated heterocycles. The highest BCUT2D eigenvalue weighted by molar-refractivity contribution is 7.52. The van der Waals surface area contributed by atoms with Crippen molar-refractivity contribution in [1.29, 1.82) is 0 Å². The van der Waals surface area contributed by atoms with Gasteiger partial charge in [0.05, 0.1) is 29.1 Å². The monoisotopic (exact) mass is 1060 g/mol. The molecule has 6 amide bonds. The molecule has 394 valence electrons. The number of benzene rings is 3. The quantitative estimate of drug-likeness (QED) is 0.0939. The Labute approximate surface area is 427 Å². The Morgan fingerprint density at radius 2 is 1.64 bits per heavy atom. The first kappa shape index (κ1) is 52.5. The summed E-state index contributed by atoms with van der Waals surface area (Å²) >= 11 is 0.937. The number of piperidine rings is 2. The zero-order chi connectivity index (χ0) is 53.0. The number of imidazole rings is 1. The van der Waals surface area contributed by atoms with E-state index in [0.29, 0.717) is 48.1 Å². The van der Waals surface area contributed by atoms with Gasteiger partial charge in [-0.2, -0.15) is 8.78 Å². The van der Waals surface area contributed by atoms with Crippen molar-refractivity contribution in [3.63, 3.8) is 0 Å². The largest absolute Gasteiger partial charge is 0.443 e. The minimum Gasteiger partial charge on any atom is -0.443 e. The number of ether oxygens (including phenoxy) is 2. The third kappa shape index (κ3) is 10.4. The molecule has 4 aliphatic rings. The van der Waals surface area contributed by atoms with E-state index in [-0.39, 0.29) is 73.3 Å². The zero-order valence-corrected chi connectivity index (χ0v) is 42.9. The third-order valence-electron chi connectivity index (χ3n) is 14.6. The van der Waals surface area contributed by atoms with Gasteiger partial charge < -0.3 is 39.3 Å². The Kier molecular flexibility index (Phi) is 14.5. The Balaban J connectivity index is 0.902. The van der Waals surface area contributed by atoms with Crippen LogP contribution < -0.4 is 16.3 Å². The number of halogens is 2. The van der Waals surface area contributed by atoms with Gasteiger partial charge in [-0.05, 0) is 83.9 Å². The highest BCUT2D eigenvalue weighted by Crippen LogP contribution is 2.59. The van der Waals surface area contributed by atoms with Crippen LogP contribution in [0.15, 0.2) is 77.6 Å². The number of hydrogen-bond donors (Lipinski definition) is 4.